The highest BCUT2D eigenvalue weighted by atomic mass is 16.5. The van der Waals surface area contributed by atoms with Gasteiger partial charge in [-0.15, -0.1) is 0 Å². The van der Waals surface area contributed by atoms with Gasteiger partial charge >= 0.3 is 0 Å². The number of hydrogen-bond acceptors (Lipinski definition) is 4. The summed E-state index contributed by atoms with van der Waals surface area (Å²) >= 11 is 0. The number of nitrogens with zero attached hydrogens (tertiary/aromatic N) is 3. The molecule has 1 fully saturated rings. The fraction of sp³-hybridized carbons (Fsp3) is 0.316. The lowest BCUT2D eigenvalue weighted by molar-refractivity contribution is -0.156. The third kappa shape index (κ3) is 3.63. The lowest BCUT2D eigenvalue weighted by atomic mass is 10.1. The van der Waals surface area contributed by atoms with Gasteiger partial charge in [0.25, 0.3) is 0 Å². The Morgan fingerprint density at radius 3 is 2.60 bits per heavy atom. The van der Waals surface area contributed by atoms with Crippen LogP contribution in [0.15, 0.2) is 48.7 Å². The van der Waals surface area contributed by atoms with E-state index >= 15 is 0 Å². The first kappa shape index (κ1) is 17.0. The molecule has 1 aromatic heterocycles. The number of rotatable bonds is 5. The van der Waals surface area contributed by atoms with E-state index in [9.17, 15) is 9.59 Å². The lowest BCUT2D eigenvalue weighted by Crippen LogP contribution is -2.58. The number of aromatic nitrogens is 1. The topological polar surface area (TPSA) is 62.7 Å². The van der Waals surface area contributed by atoms with Gasteiger partial charge in [0, 0.05) is 12.7 Å². The summed E-state index contributed by atoms with van der Waals surface area (Å²) in [5.74, 6) is 0.468. The fourth-order valence-corrected chi connectivity index (χ4v) is 3.00. The maximum atomic E-state index is 12.7. The number of benzene rings is 1. The number of carbonyl (C=O) groups excluding carboxylic acids is 2. The minimum atomic E-state index is -0.531. The molecule has 1 saturated heterocycles. The van der Waals surface area contributed by atoms with Gasteiger partial charge in [-0.3, -0.25) is 14.6 Å². The summed E-state index contributed by atoms with van der Waals surface area (Å²) in [6, 6.07) is 12.7. The van der Waals surface area contributed by atoms with Crippen molar-refractivity contribution in [1.82, 2.24) is 14.8 Å². The number of hydrogen-bond donors (Lipinski definition) is 0. The first-order chi connectivity index (χ1) is 12.1. The van der Waals surface area contributed by atoms with Crippen molar-refractivity contribution < 1.29 is 14.3 Å². The number of piperazine rings is 1. The van der Waals surface area contributed by atoms with Gasteiger partial charge in [0.15, 0.2) is 0 Å². The molecular formula is C19H21N3O3. The van der Waals surface area contributed by atoms with Crippen molar-refractivity contribution in [2.24, 2.45) is 0 Å². The monoisotopic (exact) mass is 339 g/mol. The smallest absolute Gasteiger partial charge is 0.245 e. The van der Waals surface area contributed by atoms with Gasteiger partial charge in [0.05, 0.1) is 13.7 Å². The molecule has 3 rings (SSSR count). The zero-order valence-electron chi connectivity index (χ0n) is 14.4. The van der Waals surface area contributed by atoms with Gasteiger partial charge in [-0.1, -0.05) is 30.3 Å². The summed E-state index contributed by atoms with van der Waals surface area (Å²) in [6.07, 6.45) is 1.65. The second kappa shape index (κ2) is 7.34. The molecule has 25 heavy (non-hydrogen) atoms. The Kier molecular flexibility index (Phi) is 4.97. The lowest BCUT2D eigenvalue weighted by Gasteiger charge is -2.38. The zero-order chi connectivity index (χ0) is 17.8. The average molecular weight is 339 g/mol. The fourth-order valence-electron chi connectivity index (χ4n) is 3.00. The van der Waals surface area contributed by atoms with E-state index < -0.39 is 6.04 Å². The molecule has 0 saturated carbocycles. The molecule has 0 bridgehead atoms. The van der Waals surface area contributed by atoms with Crippen LogP contribution in [0.5, 0.6) is 5.75 Å². The third-order valence-electron chi connectivity index (χ3n) is 4.39. The molecule has 0 spiro atoms. The molecule has 0 unspecified atom stereocenters. The summed E-state index contributed by atoms with van der Waals surface area (Å²) in [4.78, 5) is 32.8. The van der Waals surface area contributed by atoms with Crippen LogP contribution in [0.1, 0.15) is 18.2 Å². The molecule has 6 nitrogen and oxygen atoms in total. The maximum absolute atomic E-state index is 12.7. The van der Waals surface area contributed by atoms with Crippen LogP contribution >= 0.6 is 0 Å². The number of carbonyl (C=O) groups is 2. The van der Waals surface area contributed by atoms with Crippen molar-refractivity contribution in [1.29, 1.82) is 0 Å². The predicted molar refractivity (Wildman–Crippen MR) is 92.7 cm³/mol. The SMILES string of the molecule is COc1cccnc1CN1C(=O)CN(Cc2ccccc2)C(=O)[C@H]1C. The van der Waals surface area contributed by atoms with E-state index in [1.165, 1.54) is 0 Å². The van der Waals surface area contributed by atoms with Crippen LogP contribution < -0.4 is 4.74 Å². The van der Waals surface area contributed by atoms with Gasteiger partial charge in [-0.05, 0) is 24.6 Å². The molecule has 1 aliphatic heterocycles. The van der Waals surface area contributed by atoms with Crippen LogP contribution in [0, 0.1) is 0 Å². The molecule has 2 heterocycles. The molecule has 0 aliphatic carbocycles. The Labute approximate surface area is 147 Å². The van der Waals surface area contributed by atoms with Crippen molar-refractivity contribution in [2.45, 2.75) is 26.1 Å². The predicted octanol–water partition coefficient (Wildman–Crippen LogP) is 1.85. The van der Waals surface area contributed by atoms with Crippen LogP contribution in [0.4, 0.5) is 0 Å². The van der Waals surface area contributed by atoms with E-state index in [2.05, 4.69) is 4.98 Å². The zero-order valence-corrected chi connectivity index (χ0v) is 14.4. The number of methoxy groups -OCH3 is 1. The van der Waals surface area contributed by atoms with E-state index in [1.807, 2.05) is 30.3 Å². The van der Waals surface area contributed by atoms with E-state index in [1.54, 1.807) is 42.2 Å². The highest BCUT2D eigenvalue weighted by Crippen LogP contribution is 2.22. The summed E-state index contributed by atoms with van der Waals surface area (Å²) in [5.41, 5.74) is 1.66. The molecule has 130 valence electrons. The Bertz CT molecular complexity index is 764. The summed E-state index contributed by atoms with van der Waals surface area (Å²) in [5, 5.41) is 0. The third-order valence-corrected chi connectivity index (χ3v) is 4.39. The molecular weight excluding hydrogens is 318 g/mol. The van der Waals surface area contributed by atoms with Crippen LogP contribution in [0.2, 0.25) is 0 Å². The van der Waals surface area contributed by atoms with Crippen LogP contribution in [0.3, 0.4) is 0 Å². The van der Waals surface area contributed by atoms with Gasteiger partial charge in [-0.2, -0.15) is 0 Å². The van der Waals surface area contributed by atoms with Crippen molar-refractivity contribution in [3.05, 3.63) is 59.9 Å². The normalized spacial score (nSPS) is 17.8. The minimum Gasteiger partial charge on any atom is -0.495 e. The van der Waals surface area contributed by atoms with Crippen LogP contribution in [0.25, 0.3) is 0 Å². The molecule has 1 aliphatic rings. The Hall–Kier alpha value is -2.89. The number of ether oxygens (including phenoxy) is 1. The number of pyridine rings is 1. The summed E-state index contributed by atoms with van der Waals surface area (Å²) < 4.78 is 5.29. The first-order valence-corrected chi connectivity index (χ1v) is 8.20. The van der Waals surface area contributed by atoms with Crippen molar-refractivity contribution in [2.75, 3.05) is 13.7 Å². The second-order valence-electron chi connectivity index (χ2n) is 6.03. The molecule has 2 aromatic rings. The van der Waals surface area contributed by atoms with Crippen molar-refractivity contribution in [3.8, 4) is 5.75 Å². The minimum absolute atomic E-state index is 0.0571. The van der Waals surface area contributed by atoms with Crippen molar-refractivity contribution >= 4 is 11.8 Å². The van der Waals surface area contributed by atoms with Gasteiger partial charge in [0.1, 0.15) is 24.0 Å². The molecule has 0 N–H and O–H groups in total. The molecule has 0 radical (unpaired) electrons. The van der Waals surface area contributed by atoms with Gasteiger partial charge in [0.2, 0.25) is 11.8 Å². The van der Waals surface area contributed by atoms with Crippen molar-refractivity contribution in [3.63, 3.8) is 0 Å². The average Bonchev–Trinajstić information content (AvgIpc) is 2.64. The van der Waals surface area contributed by atoms with E-state index in [4.69, 9.17) is 4.74 Å². The van der Waals surface area contributed by atoms with Crippen LogP contribution in [-0.4, -0.2) is 46.3 Å². The highest BCUT2D eigenvalue weighted by Gasteiger charge is 2.36. The van der Waals surface area contributed by atoms with Crippen LogP contribution in [-0.2, 0) is 22.7 Å². The summed E-state index contributed by atoms with van der Waals surface area (Å²) in [7, 11) is 1.56. The van der Waals surface area contributed by atoms with E-state index in [0.717, 1.165) is 5.56 Å². The Morgan fingerprint density at radius 2 is 1.88 bits per heavy atom. The molecule has 1 aromatic carbocycles. The Balaban J connectivity index is 1.74. The van der Waals surface area contributed by atoms with Gasteiger partial charge < -0.3 is 14.5 Å². The highest BCUT2D eigenvalue weighted by molar-refractivity contribution is 5.94. The molecule has 6 heteroatoms. The van der Waals surface area contributed by atoms with E-state index in [0.29, 0.717) is 18.0 Å². The quantitative estimate of drug-likeness (QED) is 0.834. The number of amides is 2. The first-order valence-electron chi connectivity index (χ1n) is 8.20. The Morgan fingerprint density at radius 1 is 1.12 bits per heavy atom. The summed E-state index contributed by atoms with van der Waals surface area (Å²) in [6.45, 7) is 2.53. The van der Waals surface area contributed by atoms with Gasteiger partial charge in [-0.25, -0.2) is 0 Å². The van der Waals surface area contributed by atoms with E-state index in [-0.39, 0.29) is 24.9 Å². The molecule has 2 amide bonds. The molecule has 1 atom stereocenters. The second-order valence-corrected chi connectivity index (χ2v) is 6.03. The maximum Gasteiger partial charge on any atom is 0.245 e. The standard InChI is InChI=1S/C19H21N3O3/c1-14-19(24)21(11-15-7-4-3-5-8-15)13-18(23)22(14)12-16-17(25-2)9-6-10-20-16/h3-10,14H,11-13H2,1-2H3/t14-/m1/s1. The largest absolute Gasteiger partial charge is 0.495 e.